The van der Waals surface area contributed by atoms with E-state index in [0.29, 0.717) is 29.7 Å². The summed E-state index contributed by atoms with van der Waals surface area (Å²) in [5, 5.41) is 0.786. The highest BCUT2D eigenvalue weighted by atomic mass is 32.2. The number of aromatic nitrogens is 2. The Kier molecular flexibility index (Phi) is 6.69. The highest BCUT2D eigenvalue weighted by molar-refractivity contribution is 7.90. The molecule has 0 unspecified atom stereocenters. The second-order valence-electron chi connectivity index (χ2n) is 8.97. The lowest BCUT2D eigenvalue weighted by Crippen LogP contribution is -2.48. The molecule has 2 aromatic carbocycles. The highest BCUT2D eigenvalue weighted by Gasteiger charge is 2.23. The van der Waals surface area contributed by atoms with Crippen LogP contribution in [0, 0.1) is 0 Å². The molecule has 0 saturated carbocycles. The summed E-state index contributed by atoms with van der Waals surface area (Å²) in [6.45, 7) is 4.85. The molecule has 0 N–H and O–H groups in total. The van der Waals surface area contributed by atoms with E-state index in [2.05, 4.69) is 27.9 Å². The van der Waals surface area contributed by atoms with E-state index in [1.807, 2.05) is 29.4 Å². The second kappa shape index (κ2) is 10.1. The number of anilines is 1. The van der Waals surface area contributed by atoms with Crippen LogP contribution in [0.1, 0.15) is 28.4 Å². The SMILES string of the molecule is CCc1cncc(N2CCN(C(=O)c3ccc(CS(=O)(=O)c4cccc5cccnc45)cc3)CC2)c1. The van der Waals surface area contributed by atoms with E-state index < -0.39 is 9.84 Å². The zero-order chi connectivity index (χ0) is 25.1. The fraction of sp³-hybridized carbons (Fsp3) is 0.250. The van der Waals surface area contributed by atoms with Crippen LogP contribution >= 0.6 is 0 Å². The molecule has 1 amide bonds. The fourth-order valence-corrected chi connectivity index (χ4v) is 6.10. The normalized spacial score (nSPS) is 14.2. The van der Waals surface area contributed by atoms with Crippen LogP contribution in [0.5, 0.6) is 0 Å². The number of carbonyl (C=O) groups is 1. The molecule has 36 heavy (non-hydrogen) atoms. The molecule has 184 valence electrons. The molecular weight excluding hydrogens is 472 g/mol. The summed E-state index contributed by atoms with van der Waals surface area (Å²) in [6, 6.07) is 17.8. The highest BCUT2D eigenvalue weighted by Crippen LogP contribution is 2.25. The van der Waals surface area contributed by atoms with Gasteiger partial charge in [0, 0.05) is 49.5 Å². The van der Waals surface area contributed by atoms with Gasteiger partial charge in [0.15, 0.2) is 9.84 Å². The van der Waals surface area contributed by atoms with E-state index in [4.69, 9.17) is 0 Å². The third-order valence-corrected chi connectivity index (χ3v) is 8.32. The van der Waals surface area contributed by atoms with Gasteiger partial charge in [-0.3, -0.25) is 14.8 Å². The van der Waals surface area contributed by atoms with E-state index in [-0.39, 0.29) is 16.6 Å². The van der Waals surface area contributed by atoms with Gasteiger partial charge in [-0.05, 0) is 47.9 Å². The summed E-state index contributed by atoms with van der Waals surface area (Å²) < 4.78 is 26.3. The lowest BCUT2D eigenvalue weighted by Gasteiger charge is -2.36. The van der Waals surface area contributed by atoms with Crippen molar-refractivity contribution < 1.29 is 13.2 Å². The smallest absolute Gasteiger partial charge is 0.253 e. The minimum Gasteiger partial charge on any atom is -0.367 e. The molecule has 0 atom stereocenters. The van der Waals surface area contributed by atoms with Crippen molar-refractivity contribution in [3.8, 4) is 0 Å². The first-order chi connectivity index (χ1) is 17.4. The van der Waals surface area contributed by atoms with Crippen LogP contribution in [-0.2, 0) is 22.0 Å². The number of rotatable bonds is 6. The van der Waals surface area contributed by atoms with Gasteiger partial charge < -0.3 is 9.80 Å². The average Bonchev–Trinajstić information content (AvgIpc) is 2.92. The summed E-state index contributed by atoms with van der Waals surface area (Å²) in [5.74, 6) is -0.191. The molecule has 4 aromatic rings. The Labute approximate surface area is 211 Å². The van der Waals surface area contributed by atoms with Crippen molar-refractivity contribution in [2.45, 2.75) is 24.0 Å². The maximum Gasteiger partial charge on any atom is 0.253 e. The predicted molar refractivity (Wildman–Crippen MR) is 141 cm³/mol. The second-order valence-corrected chi connectivity index (χ2v) is 10.9. The number of nitrogens with zero attached hydrogens (tertiary/aromatic N) is 4. The van der Waals surface area contributed by atoms with Crippen molar-refractivity contribution in [1.29, 1.82) is 0 Å². The van der Waals surface area contributed by atoms with Crippen LogP contribution in [0.25, 0.3) is 10.9 Å². The summed E-state index contributed by atoms with van der Waals surface area (Å²) >= 11 is 0. The van der Waals surface area contributed by atoms with Crippen molar-refractivity contribution in [1.82, 2.24) is 14.9 Å². The number of para-hydroxylation sites is 1. The van der Waals surface area contributed by atoms with Gasteiger partial charge in [0.1, 0.15) is 0 Å². The number of hydrogen-bond donors (Lipinski definition) is 0. The molecule has 2 aromatic heterocycles. The van der Waals surface area contributed by atoms with Crippen molar-refractivity contribution in [3.63, 3.8) is 0 Å². The van der Waals surface area contributed by atoms with Gasteiger partial charge in [-0.15, -0.1) is 0 Å². The Bertz CT molecular complexity index is 1490. The Morgan fingerprint density at radius 2 is 1.67 bits per heavy atom. The first kappa shape index (κ1) is 23.9. The third kappa shape index (κ3) is 4.95. The molecule has 0 spiro atoms. The monoisotopic (exact) mass is 500 g/mol. The van der Waals surface area contributed by atoms with Crippen LogP contribution in [0.15, 0.2) is 84.1 Å². The van der Waals surface area contributed by atoms with Crippen LogP contribution in [-0.4, -0.2) is 55.4 Å². The molecule has 0 radical (unpaired) electrons. The van der Waals surface area contributed by atoms with E-state index in [1.165, 1.54) is 5.56 Å². The Balaban J connectivity index is 1.24. The number of aryl methyl sites for hydroxylation is 1. The van der Waals surface area contributed by atoms with E-state index in [1.54, 1.807) is 48.7 Å². The molecule has 1 aliphatic heterocycles. The number of hydrogen-bond acceptors (Lipinski definition) is 6. The van der Waals surface area contributed by atoms with Gasteiger partial charge >= 0.3 is 0 Å². The maximum atomic E-state index is 13.1. The van der Waals surface area contributed by atoms with Crippen molar-refractivity contribution in [2.24, 2.45) is 0 Å². The molecule has 8 heteroatoms. The Hall–Kier alpha value is -3.78. The van der Waals surface area contributed by atoms with Crippen LogP contribution < -0.4 is 4.90 Å². The molecule has 1 fully saturated rings. The molecule has 7 nitrogen and oxygen atoms in total. The summed E-state index contributed by atoms with van der Waals surface area (Å²) in [4.78, 5) is 26.0. The number of fused-ring (bicyclic) bond motifs is 1. The van der Waals surface area contributed by atoms with Crippen molar-refractivity contribution in [3.05, 3.63) is 95.9 Å². The van der Waals surface area contributed by atoms with Crippen LogP contribution in [0.2, 0.25) is 0 Å². The number of sulfone groups is 1. The third-order valence-electron chi connectivity index (χ3n) is 6.61. The van der Waals surface area contributed by atoms with Crippen molar-refractivity contribution in [2.75, 3.05) is 31.1 Å². The van der Waals surface area contributed by atoms with Gasteiger partial charge in [0.2, 0.25) is 0 Å². The minimum atomic E-state index is -3.60. The zero-order valence-corrected chi connectivity index (χ0v) is 21.0. The number of benzene rings is 2. The first-order valence-electron chi connectivity index (χ1n) is 12.1. The molecular formula is C28H28N4O3S. The van der Waals surface area contributed by atoms with Gasteiger partial charge in [0.05, 0.1) is 28.0 Å². The summed E-state index contributed by atoms with van der Waals surface area (Å²) in [6.07, 6.45) is 6.30. The topological polar surface area (TPSA) is 83.5 Å². The van der Waals surface area contributed by atoms with Gasteiger partial charge in [0.25, 0.3) is 5.91 Å². The molecule has 0 bridgehead atoms. The average molecular weight is 501 g/mol. The molecule has 1 saturated heterocycles. The van der Waals surface area contributed by atoms with Crippen LogP contribution in [0.3, 0.4) is 0 Å². The number of amides is 1. The minimum absolute atomic E-state index is 0.0391. The Morgan fingerprint density at radius 1 is 0.917 bits per heavy atom. The Morgan fingerprint density at radius 3 is 2.42 bits per heavy atom. The summed E-state index contributed by atoms with van der Waals surface area (Å²) in [5.41, 5.74) is 3.96. The molecule has 0 aliphatic carbocycles. The molecule has 1 aliphatic rings. The number of carbonyl (C=O) groups excluding carboxylic acids is 1. The van der Waals surface area contributed by atoms with Crippen molar-refractivity contribution >= 4 is 32.3 Å². The zero-order valence-electron chi connectivity index (χ0n) is 20.2. The van der Waals surface area contributed by atoms with Crippen LogP contribution in [0.4, 0.5) is 5.69 Å². The van der Waals surface area contributed by atoms with Gasteiger partial charge in [-0.25, -0.2) is 8.42 Å². The lowest BCUT2D eigenvalue weighted by molar-refractivity contribution is 0.0746. The maximum absolute atomic E-state index is 13.1. The predicted octanol–water partition coefficient (Wildman–Crippen LogP) is 4.13. The number of pyridine rings is 2. The van der Waals surface area contributed by atoms with Gasteiger partial charge in [-0.1, -0.05) is 37.3 Å². The van der Waals surface area contributed by atoms with Gasteiger partial charge in [-0.2, -0.15) is 0 Å². The summed E-state index contributed by atoms with van der Waals surface area (Å²) in [7, 11) is -3.60. The van der Waals surface area contributed by atoms with E-state index in [9.17, 15) is 13.2 Å². The lowest BCUT2D eigenvalue weighted by atomic mass is 10.1. The molecule has 5 rings (SSSR count). The quantitative estimate of drug-likeness (QED) is 0.396. The number of piperazine rings is 1. The van der Waals surface area contributed by atoms with E-state index in [0.717, 1.165) is 30.6 Å². The largest absolute Gasteiger partial charge is 0.367 e. The van der Waals surface area contributed by atoms with E-state index >= 15 is 0 Å². The molecule has 3 heterocycles. The standard InChI is InChI=1S/C28H28N4O3S/c1-2-21-17-25(19-29-18-21)31-13-15-32(16-14-31)28(33)24-10-8-22(9-11-24)20-36(34,35)26-7-3-5-23-6-4-12-30-27(23)26/h3-12,17-19H,2,13-16,20H2,1H3. The fourth-order valence-electron chi connectivity index (χ4n) is 4.56. The first-order valence-corrected chi connectivity index (χ1v) is 13.7.